The van der Waals surface area contributed by atoms with E-state index in [0.717, 1.165) is 0 Å². The highest BCUT2D eigenvalue weighted by atomic mass is 13.8. The molecule has 0 aliphatic rings. The molecule has 0 saturated heterocycles. The Bertz CT molecular complexity index is 176. The Balaban J connectivity index is 4.31. The summed E-state index contributed by atoms with van der Waals surface area (Å²) in [6.45, 7) is 6.06. The van der Waals surface area contributed by atoms with Gasteiger partial charge in [-0.15, -0.1) is 0 Å². The lowest BCUT2D eigenvalue weighted by Gasteiger charge is -1.88. The van der Waals surface area contributed by atoms with E-state index in [1.807, 2.05) is 45.1 Å². The predicted molar refractivity (Wildman–Crippen MR) is 52.5 cm³/mol. The molecular weight excluding hydrogens is 132 g/mol. The van der Waals surface area contributed by atoms with E-state index in [1.165, 1.54) is 5.57 Å². The van der Waals surface area contributed by atoms with Crippen LogP contribution in [-0.4, -0.2) is 0 Å². The third kappa shape index (κ3) is 5.41. The molecule has 0 spiro atoms. The van der Waals surface area contributed by atoms with Gasteiger partial charge in [-0.05, 0) is 26.3 Å². The van der Waals surface area contributed by atoms with Crippen LogP contribution in [0.15, 0.2) is 48.1 Å². The Kier molecular flexibility index (Phi) is 6.40. The number of allylic oxidation sites excluding steroid dienone is 8. The van der Waals surface area contributed by atoms with Gasteiger partial charge in [0.25, 0.3) is 0 Å². The maximum atomic E-state index is 2.08. The van der Waals surface area contributed by atoms with Gasteiger partial charge in [0.2, 0.25) is 0 Å². The van der Waals surface area contributed by atoms with Gasteiger partial charge in [-0.25, -0.2) is 0 Å². The van der Waals surface area contributed by atoms with Crippen LogP contribution in [0, 0.1) is 0 Å². The topological polar surface area (TPSA) is 0 Å². The van der Waals surface area contributed by atoms with E-state index in [1.54, 1.807) is 0 Å². The van der Waals surface area contributed by atoms with Gasteiger partial charge in [0.1, 0.15) is 0 Å². The quantitative estimate of drug-likeness (QED) is 0.536. The smallest absolute Gasteiger partial charge is 0.0263 e. The van der Waals surface area contributed by atoms with Crippen molar-refractivity contribution < 1.29 is 0 Å². The van der Waals surface area contributed by atoms with Crippen molar-refractivity contribution in [1.82, 2.24) is 0 Å². The first-order chi connectivity index (χ1) is 5.35. The zero-order chi connectivity index (χ0) is 8.53. The van der Waals surface area contributed by atoms with Crippen molar-refractivity contribution in [2.24, 2.45) is 0 Å². The van der Waals surface area contributed by atoms with Gasteiger partial charge in [-0.2, -0.15) is 0 Å². The van der Waals surface area contributed by atoms with Crippen LogP contribution in [-0.2, 0) is 0 Å². The molecule has 0 rings (SSSR count). The maximum absolute atomic E-state index is 2.08. The lowest BCUT2D eigenvalue weighted by atomic mass is 10.2. The number of hydrogen-bond donors (Lipinski definition) is 0. The second-order valence-corrected chi connectivity index (χ2v) is 2.19. The highest BCUT2D eigenvalue weighted by molar-refractivity contribution is 5.33. The Morgan fingerprint density at radius 3 is 1.73 bits per heavy atom. The monoisotopic (exact) mass is 148 g/mol. The minimum absolute atomic E-state index is 1.23. The van der Waals surface area contributed by atoms with E-state index >= 15 is 0 Å². The molecule has 11 heavy (non-hydrogen) atoms. The van der Waals surface area contributed by atoms with Crippen molar-refractivity contribution in [1.29, 1.82) is 0 Å². The summed E-state index contributed by atoms with van der Waals surface area (Å²) in [4.78, 5) is 0. The summed E-state index contributed by atoms with van der Waals surface area (Å²) in [5.74, 6) is 0. The third-order valence-corrected chi connectivity index (χ3v) is 1.20. The standard InChI is InChI=1S/C11H16/c1-4-7-10-11(8-5-2)9-6-3/h4-10H,1-3H3/b7-4-,8-5-,9-6+,11-10+. The van der Waals surface area contributed by atoms with Crippen LogP contribution in [0.4, 0.5) is 0 Å². The summed E-state index contributed by atoms with van der Waals surface area (Å²) in [6, 6.07) is 0. The summed E-state index contributed by atoms with van der Waals surface area (Å²) in [5, 5.41) is 0. The second-order valence-electron chi connectivity index (χ2n) is 2.19. The molecular formula is C11H16. The lowest BCUT2D eigenvalue weighted by molar-refractivity contribution is 1.59. The minimum atomic E-state index is 1.23. The van der Waals surface area contributed by atoms with Gasteiger partial charge in [-0.1, -0.05) is 42.5 Å². The summed E-state index contributed by atoms with van der Waals surface area (Å²) in [7, 11) is 0. The van der Waals surface area contributed by atoms with Crippen LogP contribution >= 0.6 is 0 Å². The highest BCUT2D eigenvalue weighted by Gasteiger charge is 1.78. The molecule has 0 nitrogen and oxygen atoms in total. The summed E-state index contributed by atoms with van der Waals surface area (Å²) in [5.41, 5.74) is 1.23. The predicted octanol–water partition coefficient (Wildman–Crippen LogP) is 3.64. The normalized spacial score (nSPS) is 14.3. The molecule has 60 valence electrons. The highest BCUT2D eigenvalue weighted by Crippen LogP contribution is 1.99. The molecule has 0 unspecified atom stereocenters. The molecule has 0 amide bonds. The fourth-order valence-corrected chi connectivity index (χ4v) is 0.759. The van der Waals surface area contributed by atoms with E-state index in [2.05, 4.69) is 18.2 Å². The molecule has 0 aliphatic carbocycles. The molecule has 0 N–H and O–H groups in total. The van der Waals surface area contributed by atoms with Crippen LogP contribution in [0.25, 0.3) is 0 Å². The Labute approximate surface area is 69.6 Å². The van der Waals surface area contributed by atoms with Gasteiger partial charge >= 0.3 is 0 Å². The number of hydrogen-bond acceptors (Lipinski definition) is 0. The first kappa shape index (κ1) is 9.96. The molecule has 0 aliphatic heterocycles. The Morgan fingerprint density at radius 2 is 1.36 bits per heavy atom. The minimum Gasteiger partial charge on any atom is -0.0876 e. The van der Waals surface area contributed by atoms with Crippen molar-refractivity contribution in [3.63, 3.8) is 0 Å². The SMILES string of the molecule is C\C=C/C=C(\C=C/C)/C=C/C. The molecule has 0 radical (unpaired) electrons. The zero-order valence-corrected chi connectivity index (χ0v) is 7.54. The van der Waals surface area contributed by atoms with E-state index in [-0.39, 0.29) is 0 Å². The van der Waals surface area contributed by atoms with Gasteiger partial charge in [0, 0.05) is 0 Å². The molecule has 0 aromatic carbocycles. The molecule has 0 heterocycles. The average Bonchev–Trinajstić information content (AvgIpc) is 2.01. The Hall–Kier alpha value is -1.04. The summed E-state index contributed by atoms with van der Waals surface area (Å²) < 4.78 is 0. The van der Waals surface area contributed by atoms with Crippen LogP contribution < -0.4 is 0 Å². The Morgan fingerprint density at radius 1 is 0.818 bits per heavy atom. The fraction of sp³-hybridized carbons (Fsp3) is 0.273. The molecule has 0 aromatic heterocycles. The zero-order valence-electron chi connectivity index (χ0n) is 7.54. The van der Waals surface area contributed by atoms with Crippen molar-refractivity contribution in [3.8, 4) is 0 Å². The molecule has 0 atom stereocenters. The van der Waals surface area contributed by atoms with Gasteiger partial charge in [0.05, 0.1) is 0 Å². The molecule has 0 bridgehead atoms. The second kappa shape index (κ2) is 7.07. The molecule has 0 aromatic rings. The van der Waals surface area contributed by atoms with Crippen LogP contribution in [0.2, 0.25) is 0 Å². The molecule has 0 fully saturated rings. The molecule has 0 heteroatoms. The molecule has 0 saturated carbocycles. The van der Waals surface area contributed by atoms with E-state index in [4.69, 9.17) is 0 Å². The first-order valence-electron chi connectivity index (χ1n) is 3.93. The van der Waals surface area contributed by atoms with Gasteiger partial charge in [0.15, 0.2) is 0 Å². The van der Waals surface area contributed by atoms with Crippen molar-refractivity contribution in [2.75, 3.05) is 0 Å². The fourth-order valence-electron chi connectivity index (χ4n) is 0.759. The van der Waals surface area contributed by atoms with Gasteiger partial charge in [-0.3, -0.25) is 0 Å². The summed E-state index contributed by atoms with van der Waals surface area (Å²) in [6.07, 6.45) is 14.4. The average molecular weight is 148 g/mol. The van der Waals surface area contributed by atoms with Crippen molar-refractivity contribution in [3.05, 3.63) is 48.1 Å². The van der Waals surface area contributed by atoms with Gasteiger partial charge < -0.3 is 0 Å². The van der Waals surface area contributed by atoms with Crippen molar-refractivity contribution in [2.45, 2.75) is 20.8 Å². The largest absolute Gasteiger partial charge is 0.0876 e. The van der Waals surface area contributed by atoms with E-state index < -0.39 is 0 Å². The van der Waals surface area contributed by atoms with Crippen molar-refractivity contribution >= 4 is 0 Å². The number of rotatable bonds is 3. The van der Waals surface area contributed by atoms with Crippen LogP contribution in [0.1, 0.15) is 20.8 Å². The van der Waals surface area contributed by atoms with E-state index in [0.29, 0.717) is 0 Å². The van der Waals surface area contributed by atoms with E-state index in [9.17, 15) is 0 Å². The first-order valence-corrected chi connectivity index (χ1v) is 3.93. The van der Waals surface area contributed by atoms with Crippen LogP contribution in [0.3, 0.4) is 0 Å². The maximum Gasteiger partial charge on any atom is -0.0263 e. The summed E-state index contributed by atoms with van der Waals surface area (Å²) >= 11 is 0. The van der Waals surface area contributed by atoms with Crippen LogP contribution in [0.5, 0.6) is 0 Å². The third-order valence-electron chi connectivity index (χ3n) is 1.20. The lowest BCUT2D eigenvalue weighted by Crippen LogP contribution is -1.67.